The van der Waals surface area contributed by atoms with Gasteiger partial charge in [0.2, 0.25) is 5.91 Å². The van der Waals surface area contributed by atoms with Crippen LogP contribution in [-0.2, 0) is 4.79 Å². The van der Waals surface area contributed by atoms with Crippen molar-refractivity contribution in [1.82, 2.24) is 10.6 Å². The van der Waals surface area contributed by atoms with Crippen LogP contribution < -0.4 is 16.4 Å². The van der Waals surface area contributed by atoms with Gasteiger partial charge in [0.15, 0.2) is 0 Å². The number of hydrogen-bond donors (Lipinski definition) is 3. The van der Waals surface area contributed by atoms with Crippen molar-refractivity contribution in [2.75, 3.05) is 6.54 Å². The van der Waals surface area contributed by atoms with Crippen molar-refractivity contribution < 1.29 is 4.79 Å². The van der Waals surface area contributed by atoms with Crippen molar-refractivity contribution >= 4 is 5.91 Å². The lowest BCUT2D eigenvalue weighted by Crippen LogP contribution is -2.37. The molecule has 1 saturated heterocycles. The van der Waals surface area contributed by atoms with E-state index in [-0.39, 0.29) is 11.9 Å². The minimum atomic E-state index is -0.314. The Kier molecular flexibility index (Phi) is 1.45. The molecule has 1 atom stereocenters. The molecular formula is C4H8N3O. The first kappa shape index (κ1) is 5.53. The molecule has 1 radical (unpaired) electrons. The van der Waals surface area contributed by atoms with Crippen LogP contribution in [0, 0.1) is 6.67 Å². The minimum Gasteiger partial charge on any atom is -0.368 e. The molecule has 8 heavy (non-hydrogen) atoms. The summed E-state index contributed by atoms with van der Waals surface area (Å²) in [5.41, 5.74) is 4.94. The van der Waals surface area contributed by atoms with Gasteiger partial charge in [-0.15, -0.1) is 0 Å². The zero-order chi connectivity index (χ0) is 5.98. The fourth-order valence-corrected chi connectivity index (χ4v) is 0.578. The number of rotatable bonds is 1. The van der Waals surface area contributed by atoms with Gasteiger partial charge in [0, 0.05) is 6.54 Å². The molecule has 4 heteroatoms. The van der Waals surface area contributed by atoms with E-state index in [9.17, 15) is 4.79 Å². The van der Waals surface area contributed by atoms with Crippen LogP contribution in [0.25, 0.3) is 0 Å². The number of nitrogens with one attached hydrogen (secondary N) is 2. The Morgan fingerprint density at radius 1 is 1.88 bits per heavy atom. The zero-order valence-electron chi connectivity index (χ0n) is 4.35. The number of hydrogen-bond acceptors (Lipinski definition) is 3. The summed E-state index contributed by atoms with van der Waals surface area (Å²) in [4.78, 5) is 10.3. The van der Waals surface area contributed by atoms with Crippen LogP contribution >= 0.6 is 0 Å². The zero-order valence-corrected chi connectivity index (χ0v) is 4.35. The van der Waals surface area contributed by atoms with Crippen LogP contribution in [-0.4, -0.2) is 18.5 Å². The minimum absolute atomic E-state index is 0.213. The van der Waals surface area contributed by atoms with E-state index >= 15 is 0 Å². The fraction of sp³-hybridized carbons (Fsp3) is 0.500. The van der Waals surface area contributed by atoms with Gasteiger partial charge >= 0.3 is 0 Å². The molecule has 0 aliphatic carbocycles. The molecule has 0 saturated carbocycles. The van der Waals surface area contributed by atoms with E-state index in [0.717, 1.165) is 0 Å². The van der Waals surface area contributed by atoms with Gasteiger partial charge in [-0.05, 0) is 0 Å². The predicted octanol–water partition coefficient (Wildman–Crippen LogP) is -1.85. The summed E-state index contributed by atoms with van der Waals surface area (Å²) in [6, 6.07) is -0.213. The van der Waals surface area contributed by atoms with Gasteiger partial charge in [0.25, 0.3) is 0 Å². The van der Waals surface area contributed by atoms with E-state index in [4.69, 9.17) is 5.73 Å². The molecule has 1 rings (SSSR count). The maximum atomic E-state index is 10.3. The molecule has 1 aliphatic heterocycles. The molecule has 1 aliphatic rings. The molecule has 0 bridgehead atoms. The summed E-state index contributed by atoms with van der Waals surface area (Å²) >= 11 is 0. The number of primary amides is 1. The second-order valence-electron chi connectivity index (χ2n) is 1.67. The summed E-state index contributed by atoms with van der Waals surface area (Å²) in [5, 5.41) is 5.56. The number of carbonyl (C=O) groups excluding carboxylic acids is 1. The van der Waals surface area contributed by atoms with Gasteiger partial charge in [-0.25, -0.2) is 0 Å². The van der Waals surface area contributed by atoms with E-state index in [1.807, 2.05) is 0 Å². The summed E-state index contributed by atoms with van der Waals surface area (Å²) in [7, 11) is 0. The molecule has 0 aromatic rings. The second kappa shape index (κ2) is 2.11. The average Bonchev–Trinajstić information content (AvgIpc) is 2.12. The van der Waals surface area contributed by atoms with Gasteiger partial charge < -0.3 is 5.73 Å². The average molecular weight is 114 g/mol. The SMILES string of the molecule is NC(=O)C1CN[CH]N1. The normalized spacial score (nSPS) is 28.2. The predicted molar refractivity (Wildman–Crippen MR) is 28.4 cm³/mol. The first-order valence-electron chi connectivity index (χ1n) is 2.41. The molecule has 4 nitrogen and oxygen atoms in total. The molecule has 1 fully saturated rings. The summed E-state index contributed by atoms with van der Waals surface area (Å²) < 4.78 is 0. The number of nitrogens with two attached hydrogens (primary N) is 1. The van der Waals surface area contributed by atoms with Crippen LogP contribution in [0.5, 0.6) is 0 Å². The van der Waals surface area contributed by atoms with E-state index in [2.05, 4.69) is 10.6 Å². The third-order valence-corrected chi connectivity index (χ3v) is 1.05. The molecular weight excluding hydrogens is 106 g/mol. The Hall–Kier alpha value is -0.610. The van der Waals surface area contributed by atoms with Crippen molar-refractivity contribution in [2.45, 2.75) is 6.04 Å². The molecule has 1 unspecified atom stereocenters. The molecule has 4 N–H and O–H groups in total. The number of carbonyl (C=O) groups is 1. The van der Waals surface area contributed by atoms with E-state index in [1.54, 1.807) is 6.67 Å². The standard InChI is InChI=1S/C4H8N3O/c5-4(8)3-1-6-2-7-3/h2-3,6-7H,1H2,(H2,5,8). The first-order chi connectivity index (χ1) is 3.80. The second-order valence-corrected chi connectivity index (χ2v) is 1.67. The van der Waals surface area contributed by atoms with Crippen molar-refractivity contribution in [3.63, 3.8) is 0 Å². The third kappa shape index (κ3) is 0.962. The van der Waals surface area contributed by atoms with Crippen LogP contribution in [0.1, 0.15) is 0 Å². The Morgan fingerprint density at radius 3 is 2.88 bits per heavy atom. The van der Waals surface area contributed by atoms with Gasteiger partial charge in [0.1, 0.15) is 6.04 Å². The van der Waals surface area contributed by atoms with Crippen LogP contribution in [0.15, 0.2) is 0 Å². The topological polar surface area (TPSA) is 67.2 Å². The van der Waals surface area contributed by atoms with Crippen LogP contribution in [0.3, 0.4) is 0 Å². The maximum Gasteiger partial charge on any atom is 0.235 e. The Balaban J connectivity index is 2.35. The van der Waals surface area contributed by atoms with Crippen molar-refractivity contribution in [3.05, 3.63) is 6.67 Å². The van der Waals surface area contributed by atoms with E-state index in [0.29, 0.717) is 6.54 Å². The van der Waals surface area contributed by atoms with E-state index < -0.39 is 0 Å². The summed E-state index contributed by atoms with van der Waals surface area (Å²) in [6.07, 6.45) is 0. The van der Waals surface area contributed by atoms with Gasteiger partial charge in [-0.2, -0.15) is 0 Å². The highest BCUT2D eigenvalue weighted by atomic mass is 16.1. The van der Waals surface area contributed by atoms with E-state index in [1.165, 1.54) is 0 Å². The largest absolute Gasteiger partial charge is 0.368 e. The van der Waals surface area contributed by atoms with Crippen LogP contribution in [0.4, 0.5) is 0 Å². The lowest BCUT2D eigenvalue weighted by molar-refractivity contribution is -0.119. The molecule has 45 valence electrons. The molecule has 1 amide bonds. The highest BCUT2D eigenvalue weighted by Crippen LogP contribution is 1.86. The molecule has 0 aromatic heterocycles. The fourth-order valence-electron chi connectivity index (χ4n) is 0.578. The third-order valence-electron chi connectivity index (χ3n) is 1.05. The van der Waals surface area contributed by atoms with Crippen molar-refractivity contribution in [2.24, 2.45) is 5.73 Å². The highest BCUT2D eigenvalue weighted by molar-refractivity contribution is 5.80. The molecule has 0 aromatic carbocycles. The van der Waals surface area contributed by atoms with Crippen molar-refractivity contribution in [3.8, 4) is 0 Å². The quantitative estimate of drug-likeness (QED) is 0.375. The van der Waals surface area contributed by atoms with Gasteiger partial charge in [-0.1, -0.05) is 0 Å². The Labute approximate surface area is 47.4 Å². The lowest BCUT2D eigenvalue weighted by atomic mass is 10.3. The van der Waals surface area contributed by atoms with Crippen molar-refractivity contribution in [1.29, 1.82) is 0 Å². The lowest BCUT2D eigenvalue weighted by Gasteiger charge is -1.99. The maximum absolute atomic E-state index is 10.3. The summed E-state index contributed by atoms with van der Waals surface area (Å²) in [5.74, 6) is -0.314. The smallest absolute Gasteiger partial charge is 0.235 e. The van der Waals surface area contributed by atoms with Gasteiger partial charge in [0.05, 0.1) is 6.67 Å². The number of amides is 1. The Bertz CT molecular complexity index is 97.5. The van der Waals surface area contributed by atoms with Crippen LogP contribution in [0.2, 0.25) is 0 Å². The molecule has 1 heterocycles. The molecule has 0 spiro atoms. The monoisotopic (exact) mass is 114 g/mol. The highest BCUT2D eigenvalue weighted by Gasteiger charge is 2.18. The van der Waals surface area contributed by atoms with Gasteiger partial charge in [-0.3, -0.25) is 15.4 Å². The Morgan fingerprint density at radius 2 is 2.62 bits per heavy atom. The first-order valence-corrected chi connectivity index (χ1v) is 2.41. The summed E-state index contributed by atoms with van der Waals surface area (Å²) in [6.45, 7) is 2.23.